The summed E-state index contributed by atoms with van der Waals surface area (Å²) in [5, 5.41) is 6.97. The average Bonchev–Trinajstić information content (AvgIpc) is 3.08. The van der Waals surface area contributed by atoms with E-state index in [0.29, 0.717) is 31.0 Å². The van der Waals surface area contributed by atoms with Crippen LogP contribution in [0, 0.1) is 0 Å². The number of urea groups is 1. The Morgan fingerprint density at radius 2 is 2.16 bits per heavy atom. The van der Waals surface area contributed by atoms with Crippen LogP contribution in [0.15, 0.2) is 36.8 Å². The van der Waals surface area contributed by atoms with E-state index < -0.39 is 10.0 Å². The number of nitrogens with one attached hydrogen (secondary N) is 2. The highest BCUT2D eigenvalue weighted by Gasteiger charge is 2.26. The molecule has 1 fully saturated rings. The molecule has 2 aromatic rings. The Balaban J connectivity index is 1.70. The molecule has 2 aromatic heterocycles. The van der Waals surface area contributed by atoms with Crippen LogP contribution in [0.4, 0.5) is 10.5 Å². The van der Waals surface area contributed by atoms with Gasteiger partial charge in [0.15, 0.2) is 5.82 Å². The highest BCUT2D eigenvalue weighted by atomic mass is 32.2. The zero-order valence-electron chi connectivity index (χ0n) is 13.8. The standard InChI is InChI=1S/C15H20N6O3S/c1-25(23,24)19-12-5-3-9-20(11-12)15(22)18-13-6-2-7-16-14(13)21-10-4-8-17-21/h2,4,6-8,10,12,19H,3,5,9,11H2,1H3,(H,18,22)/t12-/m0/s1. The van der Waals surface area contributed by atoms with Crippen LogP contribution < -0.4 is 10.0 Å². The Bertz CT molecular complexity index is 837. The van der Waals surface area contributed by atoms with Crippen molar-refractivity contribution >= 4 is 21.7 Å². The monoisotopic (exact) mass is 364 g/mol. The number of hydrogen-bond donors (Lipinski definition) is 2. The number of pyridine rings is 1. The maximum atomic E-state index is 12.6. The van der Waals surface area contributed by atoms with E-state index in [1.807, 2.05) is 0 Å². The number of likely N-dealkylation sites (tertiary alicyclic amines) is 1. The summed E-state index contributed by atoms with van der Waals surface area (Å²) < 4.78 is 26.9. The minimum Gasteiger partial charge on any atom is -0.323 e. The molecule has 0 bridgehead atoms. The molecule has 3 heterocycles. The van der Waals surface area contributed by atoms with Crippen molar-refractivity contribution in [2.24, 2.45) is 0 Å². The molecule has 3 rings (SSSR count). The number of nitrogens with zero attached hydrogens (tertiary/aromatic N) is 4. The van der Waals surface area contributed by atoms with Gasteiger partial charge in [-0.2, -0.15) is 5.10 Å². The van der Waals surface area contributed by atoms with Gasteiger partial charge in [0, 0.05) is 37.7 Å². The van der Waals surface area contributed by atoms with Crippen molar-refractivity contribution in [2.75, 3.05) is 24.7 Å². The molecule has 25 heavy (non-hydrogen) atoms. The number of aromatic nitrogens is 3. The molecule has 1 aliphatic rings. The quantitative estimate of drug-likeness (QED) is 0.834. The highest BCUT2D eigenvalue weighted by Crippen LogP contribution is 2.18. The Labute approximate surface area is 146 Å². The lowest BCUT2D eigenvalue weighted by molar-refractivity contribution is 0.190. The summed E-state index contributed by atoms with van der Waals surface area (Å²) in [5.74, 6) is 0.517. The number of carbonyl (C=O) groups excluding carboxylic acids is 1. The second-order valence-corrected chi connectivity index (χ2v) is 7.71. The Kier molecular flexibility index (Phi) is 5.00. The van der Waals surface area contributed by atoms with Gasteiger partial charge in [-0.15, -0.1) is 0 Å². The van der Waals surface area contributed by atoms with Gasteiger partial charge in [-0.25, -0.2) is 27.6 Å². The van der Waals surface area contributed by atoms with Crippen LogP contribution in [0.5, 0.6) is 0 Å². The van der Waals surface area contributed by atoms with Crippen LogP contribution in [-0.4, -0.2) is 59.5 Å². The lowest BCUT2D eigenvalue weighted by Gasteiger charge is -2.32. The van der Waals surface area contributed by atoms with Gasteiger partial charge in [0.2, 0.25) is 10.0 Å². The molecular formula is C15H20N6O3S. The van der Waals surface area contributed by atoms with Crippen molar-refractivity contribution in [3.05, 3.63) is 36.8 Å². The third kappa shape index (κ3) is 4.54. The molecule has 1 aliphatic heterocycles. The fourth-order valence-corrected chi connectivity index (χ4v) is 3.62. The molecule has 0 saturated carbocycles. The smallest absolute Gasteiger partial charge is 0.322 e. The van der Waals surface area contributed by atoms with Gasteiger partial charge in [-0.05, 0) is 31.0 Å². The van der Waals surface area contributed by atoms with Crippen molar-refractivity contribution < 1.29 is 13.2 Å². The van der Waals surface area contributed by atoms with Gasteiger partial charge in [-0.3, -0.25) is 0 Å². The molecule has 2 amide bonds. The first-order chi connectivity index (χ1) is 11.9. The van der Waals surface area contributed by atoms with E-state index in [-0.39, 0.29) is 12.1 Å². The van der Waals surface area contributed by atoms with Crippen LogP contribution in [0.3, 0.4) is 0 Å². The Hall–Kier alpha value is -2.46. The van der Waals surface area contributed by atoms with Crippen molar-refractivity contribution in [1.82, 2.24) is 24.4 Å². The second kappa shape index (κ2) is 7.19. The fourth-order valence-electron chi connectivity index (χ4n) is 2.83. The molecule has 0 aromatic carbocycles. The van der Waals surface area contributed by atoms with E-state index in [2.05, 4.69) is 20.1 Å². The minimum atomic E-state index is -3.30. The van der Waals surface area contributed by atoms with Crippen LogP contribution in [0.1, 0.15) is 12.8 Å². The Morgan fingerprint density at radius 3 is 2.88 bits per heavy atom. The van der Waals surface area contributed by atoms with Crippen LogP contribution in [0.25, 0.3) is 5.82 Å². The van der Waals surface area contributed by atoms with Gasteiger partial charge in [0.25, 0.3) is 0 Å². The van der Waals surface area contributed by atoms with Gasteiger partial charge in [-0.1, -0.05) is 0 Å². The lowest BCUT2D eigenvalue weighted by atomic mass is 10.1. The predicted molar refractivity (Wildman–Crippen MR) is 93.0 cm³/mol. The van der Waals surface area contributed by atoms with Gasteiger partial charge < -0.3 is 10.2 Å². The number of hydrogen-bond acceptors (Lipinski definition) is 5. The van der Waals surface area contributed by atoms with E-state index in [9.17, 15) is 13.2 Å². The van der Waals surface area contributed by atoms with E-state index in [0.717, 1.165) is 12.7 Å². The maximum absolute atomic E-state index is 12.6. The largest absolute Gasteiger partial charge is 0.323 e. The molecule has 0 aliphatic carbocycles. The highest BCUT2D eigenvalue weighted by molar-refractivity contribution is 7.88. The van der Waals surface area contributed by atoms with Crippen molar-refractivity contribution in [3.63, 3.8) is 0 Å². The number of rotatable bonds is 4. The molecule has 1 saturated heterocycles. The SMILES string of the molecule is CS(=O)(=O)N[C@H]1CCCN(C(=O)Nc2cccnc2-n2cccn2)C1. The molecule has 2 N–H and O–H groups in total. The van der Waals surface area contributed by atoms with E-state index in [1.165, 1.54) is 0 Å². The first-order valence-electron chi connectivity index (χ1n) is 7.90. The average molecular weight is 364 g/mol. The summed E-state index contributed by atoms with van der Waals surface area (Å²) >= 11 is 0. The molecule has 0 spiro atoms. The molecule has 134 valence electrons. The molecule has 10 heteroatoms. The number of anilines is 1. The third-order valence-corrected chi connectivity index (χ3v) is 4.60. The predicted octanol–water partition coefficient (Wildman–Crippen LogP) is 0.813. The number of carbonyl (C=O) groups is 1. The van der Waals surface area contributed by atoms with Gasteiger partial charge >= 0.3 is 6.03 Å². The maximum Gasteiger partial charge on any atom is 0.322 e. The number of piperidine rings is 1. The van der Waals surface area contributed by atoms with Crippen LogP contribution in [-0.2, 0) is 10.0 Å². The molecule has 0 unspecified atom stereocenters. The zero-order valence-corrected chi connectivity index (χ0v) is 14.6. The van der Waals surface area contributed by atoms with Crippen molar-refractivity contribution in [2.45, 2.75) is 18.9 Å². The Morgan fingerprint density at radius 1 is 1.32 bits per heavy atom. The minimum absolute atomic E-state index is 0.269. The van der Waals surface area contributed by atoms with Crippen LogP contribution >= 0.6 is 0 Å². The first-order valence-corrected chi connectivity index (χ1v) is 9.80. The van der Waals surface area contributed by atoms with E-state index in [4.69, 9.17) is 0 Å². The fraction of sp³-hybridized carbons (Fsp3) is 0.400. The third-order valence-electron chi connectivity index (χ3n) is 3.84. The zero-order chi connectivity index (χ0) is 17.9. The topological polar surface area (TPSA) is 109 Å². The van der Waals surface area contributed by atoms with E-state index >= 15 is 0 Å². The second-order valence-electron chi connectivity index (χ2n) is 5.93. The van der Waals surface area contributed by atoms with E-state index in [1.54, 1.807) is 46.4 Å². The number of amides is 2. The summed E-state index contributed by atoms with van der Waals surface area (Å²) in [6.07, 6.45) is 7.57. The summed E-state index contributed by atoms with van der Waals surface area (Å²) in [6.45, 7) is 0.904. The van der Waals surface area contributed by atoms with Gasteiger partial charge in [0.1, 0.15) is 0 Å². The molecule has 9 nitrogen and oxygen atoms in total. The summed E-state index contributed by atoms with van der Waals surface area (Å²) in [5.41, 5.74) is 0.536. The molecule has 0 radical (unpaired) electrons. The van der Waals surface area contributed by atoms with Crippen molar-refractivity contribution in [1.29, 1.82) is 0 Å². The number of sulfonamides is 1. The normalized spacial score (nSPS) is 18.1. The summed E-state index contributed by atoms with van der Waals surface area (Å²) in [7, 11) is -3.30. The summed E-state index contributed by atoms with van der Waals surface area (Å²) in [4.78, 5) is 18.4. The lowest BCUT2D eigenvalue weighted by Crippen LogP contribution is -2.50. The molecular weight excluding hydrogens is 344 g/mol. The van der Waals surface area contributed by atoms with Gasteiger partial charge in [0.05, 0.1) is 11.9 Å². The van der Waals surface area contributed by atoms with Crippen LogP contribution in [0.2, 0.25) is 0 Å². The molecule has 1 atom stereocenters. The van der Waals surface area contributed by atoms with Crippen molar-refractivity contribution in [3.8, 4) is 5.82 Å². The summed E-state index contributed by atoms with van der Waals surface area (Å²) in [6, 6.07) is 4.69. The first kappa shape index (κ1) is 17.4.